The maximum absolute atomic E-state index is 12.5. The molecule has 1 heterocycles. The minimum absolute atomic E-state index is 0.170. The first-order valence-electron chi connectivity index (χ1n) is 8.93. The molecule has 2 aromatic rings. The van der Waals surface area contributed by atoms with Crippen molar-refractivity contribution >= 4 is 40.8 Å². The number of anilines is 1. The van der Waals surface area contributed by atoms with E-state index in [9.17, 15) is 14.7 Å². The van der Waals surface area contributed by atoms with Gasteiger partial charge in [-0.2, -0.15) is 0 Å². The number of aryl methyl sites for hydroxylation is 1. The highest BCUT2D eigenvalue weighted by Gasteiger charge is 2.33. The molecule has 1 amide bonds. The number of hydrogen-bond acceptors (Lipinski definition) is 4. The highest BCUT2D eigenvalue weighted by atomic mass is 35.5. The molecule has 2 atom stereocenters. The van der Waals surface area contributed by atoms with Crippen molar-refractivity contribution in [2.75, 3.05) is 5.32 Å². The van der Waals surface area contributed by atoms with E-state index in [2.05, 4.69) is 10.6 Å². The van der Waals surface area contributed by atoms with Gasteiger partial charge in [0.15, 0.2) is 0 Å². The Balaban J connectivity index is 1.71. The van der Waals surface area contributed by atoms with Crippen LogP contribution in [0.1, 0.15) is 35.6 Å². The molecule has 2 aromatic carbocycles. The molecule has 8 heteroatoms. The minimum atomic E-state index is -0.999. The zero-order valence-electron chi connectivity index (χ0n) is 15.0. The minimum Gasteiger partial charge on any atom is -0.480 e. The molecule has 0 radical (unpaired) electrons. The SMILES string of the molecule is NCc1ccc(CCC(=O)N[C@@H]2C[C@@H](C(=O)O)Nc3cc(Cl)cc(Cl)c32)cc1. The number of carbonyl (C=O) groups is 2. The fourth-order valence-electron chi connectivity index (χ4n) is 3.32. The van der Waals surface area contributed by atoms with Crippen LogP contribution in [-0.2, 0) is 22.6 Å². The van der Waals surface area contributed by atoms with Crippen LogP contribution in [0.4, 0.5) is 5.69 Å². The first-order chi connectivity index (χ1) is 13.4. The van der Waals surface area contributed by atoms with Crippen LogP contribution >= 0.6 is 23.2 Å². The molecule has 6 nitrogen and oxygen atoms in total. The Kier molecular flexibility index (Phi) is 6.44. The quantitative estimate of drug-likeness (QED) is 0.571. The summed E-state index contributed by atoms with van der Waals surface area (Å²) in [7, 11) is 0. The molecule has 0 bridgehead atoms. The molecule has 5 N–H and O–H groups in total. The third kappa shape index (κ3) is 4.76. The number of hydrogen-bond donors (Lipinski definition) is 4. The van der Waals surface area contributed by atoms with E-state index in [1.165, 1.54) is 0 Å². The van der Waals surface area contributed by atoms with Crippen LogP contribution in [-0.4, -0.2) is 23.0 Å². The molecule has 0 saturated carbocycles. The lowest BCUT2D eigenvalue weighted by atomic mass is 9.92. The van der Waals surface area contributed by atoms with E-state index in [0.29, 0.717) is 34.3 Å². The van der Waals surface area contributed by atoms with Crippen LogP contribution in [0.5, 0.6) is 0 Å². The second-order valence-corrected chi connectivity index (χ2v) is 7.60. The third-order valence-corrected chi connectivity index (χ3v) is 5.31. The number of rotatable bonds is 6. The Labute approximate surface area is 173 Å². The van der Waals surface area contributed by atoms with Gasteiger partial charge in [-0.3, -0.25) is 4.79 Å². The molecule has 1 aliphatic heterocycles. The standard InChI is InChI=1S/C20H21Cl2N3O3/c21-13-7-14(22)19-15(8-13)24-17(20(27)28)9-16(19)25-18(26)6-5-11-1-3-12(10-23)4-2-11/h1-4,7-8,16-17,24H,5-6,9-10,23H2,(H,25,26)(H,27,28)/t16-,17+/m1/s1. The molecule has 0 unspecified atom stereocenters. The van der Waals surface area contributed by atoms with Crippen LogP contribution in [0.25, 0.3) is 0 Å². The Bertz CT molecular complexity index is 887. The average Bonchev–Trinajstić information content (AvgIpc) is 2.65. The molecule has 148 valence electrons. The fraction of sp³-hybridized carbons (Fsp3) is 0.300. The van der Waals surface area contributed by atoms with Gasteiger partial charge in [0, 0.05) is 40.7 Å². The predicted octanol–water partition coefficient (Wildman–Crippen LogP) is 3.51. The summed E-state index contributed by atoms with van der Waals surface area (Å²) in [5, 5.41) is 16.0. The third-order valence-electron chi connectivity index (χ3n) is 4.78. The first-order valence-corrected chi connectivity index (χ1v) is 9.68. The summed E-state index contributed by atoms with van der Waals surface area (Å²) >= 11 is 12.4. The Morgan fingerprint density at radius 2 is 1.86 bits per heavy atom. The second kappa shape index (κ2) is 8.82. The number of carbonyl (C=O) groups excluding carboxylic acids is 1. The van der Waals surface area contributed by atoms with Crippen LogP contribution in [0.15, 0.2) is 36.4 Å². The first kappa shape index (κ1) is 20.5. The van der Waals surface area contributed by atoms with E-state index in [1.54, 1.807) is 12.1 Å². The molecule has 0 aromatic heterocycles. The van der Waals surface area contributed by atoms with Gasteiger partial charge in [-0.05, 0) is 29.7 Å². The molecule has 1 aliphatic rings. The summed E-state index contributed by atoms with van der Waals surface area (Å²) in [6.45, 7) is 0.478. The lowest BCUT2D eigenvalue weighted by Gasteiger charge is -2.32. The monoisotopic (exact) mass is 421 g/mol. The summed E-state index contributed by atoms with van der Waals surface area (Å²) < 4.78 is 0. The molecular formula is C20H21Cl2N3O3. The van der Waals surface area contributed by atoms with Gasteiger partial charge in [0.25, 0.3) is 0 Å². The molecule has 0 saturated heterocycles. The largest absolute Gasteiger partial charge is 0.480 e. The normalized spacial score (nSPS) is 18.1. The molecule has 0 fully saturated rings. The smallest absolute Gasteiger partial charge is 0.326 e. The topological polar surface area (TPSA) is 104 Å². The number of fused-ring (bicyclic) bond motifs is 1. The molecule has 0 aliphatic carbocycles. The van der Waals surface area contributed by atoms with Crippen molar-refractivity contribution < 1.29 is 14.7 Å². The number of nitrogens with one attached hydrogen (secondary N) is 2. The second-order valence-electron chi connectivity index (χ2n) is 6.76. The van der Waals surface area contributed by atoms with E-state index in [0.717, 1.165) is 11.1 Å². The summed E-state index contributed by atoms with van der Waals surface area (Å²) in [6.07, 6.45) is 1.05. The number of benzene rings is 2. The number of nitrogens with two attached hydrogens (primary N) is 1. The van der Waals surface area contributed by atoms with Gasteiger partial charge in [-0.25, -0.2) is 4.79 Å². The van der Waals surface area contributed by atoms with Crippen LogP contribution < -0.4 is 16.4 Å². The van der Waals surface area contributed by atoms with Crippen molar-refractivity contribution in [3.8, 4) is 0 Å². The van der Waals surface area contributed by atoms with E-state index < -0.39 is 18.1 Å². The van der Waals surface area contributed by atoms with Crippen LogP contribution in [0.3, 0.4) is 0 Å². The maximum Gasteiger partial charge on any atom is 0.326 e. The van der Waals surface area contributed by atoms with Crippen molar-refractivity contribution in [3.63, 3.8) is 0 Å². The zero-order valence-corrected chi connectivity index (χ0v) is 16.6. The van der Waals surface area contributed by atoms with Gasteiger partial charge in [0.05, 0.1) is 6.04 Å². The van der Waals surface area contributed by atoms with E-state index in [-0.39, 0.29) is 18.7 Å². The Morgan fingerprint density at radius 3 is 2.50 bits per heavy atom. The fourth-order valence-corrected chi connectivity index (χ4v) is 3.94. The predicted molar refractivity (Wildman–Crippen MR) is 110 cm³/mol. The zero-order chi connectivity index (χ0) is 20.3. The lowest BCUT2D eigenvalue weighted by Crippen LogP contribution is -2.41. The summed E-state index contributed by atoms with van der Waals surface area (Å²) in [6, 6.07) is 9.65. The van der Waals surface area contributed by atoms with Crippen molar-refractivity contribution in [1.29, 1.82) is 0 Å². The van der Waals surface area contributed by atoms with Crippen molar-refractivity contribution in [2.45, 2.75) is 37.9 Å². The van der Waals surface area contributed by atoms with Crippen LogP contribution in [0, 0.1) is 0 Å². The molecule has 28 heavy (non-hydrogen) atoms. The van der Waals surface area contributed by atoms with Crippen molar-refractivity contribution in [2.24, 2.45) is 5.73 Å². The summed E-state index contributed by atoms with van der Waals surface area (Å²) in [5.74, 6) is -1.17. The van der Waals surface area contributed by atoms with Gasteiger partial charge >= 0.3 is 5.97 Å². The van der Waals surface area contributed by atoms with Crippen molar-refractivity contribution in [1.82, 2.24) is 5.32 Å². The highest BCUT2D eigenvalue weighted by Crippen LogP contribution is 2.39. The van der Waals surface area contributed by atoms with Gasteiger partial charge in [-0.1, -0.05) is 47.5 Å². The van der Waals surface area contributed by atoms with E-state index in [1.807, 2.05) is 24.3 Å². The van der Waals surface area contributed by atoms with Gasteiger partial charge in [0.2, 0.25) is 5.91 Å². The number of aliphatic carboxylic acids is 1. The van der Waals surface area contributed by atoms with Crippen LogP contribution in [0.2, 0.25) is 10.0 Å². The molecular weight excluding hydrogens is 401 g/mol. The Morgan fingerprint density at radius 1 is 1.18 bits per heavy atom. The lowest BCUT2D eigenvalue weighted by molar-refractivity contribution is -0.138. The van der Waals surface area contributed by atoms with Gasteiger partial charge in [0.1, 0.15) is 6.04 Å². The number of carboxylic acids is 1. The summed E-state index contributed by atoms with van der Waals surface area (Å²) in [5.41, 5.74) is 8.84. The van der Waals surface area contributed by atoms with Gasteiger partial charge < -0.3 is 21.5 Å². The van der Waals surface area contributed by atoms with Crippen molar-refractivity contribution in [3.05, 3.63) is 63.1 Å². The number of carboxylic acid groups (broad SMARTS) is 1. The van der Waals surface area contributed by atoms with Gasteiger partial charge in [-0.15, -0.1) is 0 Å². The maximum atomic E-state index is 12.5. The highest BCUT2D eigenvalue weighted by molar-refractivity contribution is 6.35. The number of amides is 1. The Hall–Kier alpha value is -2.28. The average molecular weight is 422 g/mol. The number of halogens is 2. The molecule has 0 spiro atoms. The van der Waals surface area contributed by atoms with E-state index >= 15 is 0 Å². The van der Waals surface area contributed by atoms with E-state index in [4.69, 9.17) is 28.9 Å². The summed E-state index contributed by atoms with van der Waals surface area (Å²) in [4.78, 5) is 24.0. The molecule has 3 rings (SSSR count).